The van der Waals surface area contributed by atoms with Crippen molar-refractivity contribution in [1.82, 2.24) is 10.2 Å². The highest BCUT2D eigenvalue weighted by molar-refractivity contribution is 7.92. The summed E-state index contributed by atoms with van der Waals surface area (Å²) in [6.07, 6.45) is 0.773. The summed E-state index contributed by atoms with van der Waals surface area (Å²) in [6, 6.07) is 18.1. The number of amides is 2. The molecular formula is C33H37ClF3N3O4S. The topological polar surface area (TPSA) is 86.8 Å². The summed E-state index contributed by atoms with van der Waals surface area (Å²) in [7, 11) is -4.25. The fourth-order valence-corrected chi connectivity index (χ4v) is 6.55. The summed E-state index contributed by atoms with van der Waals surface area (Å²) >= 11 is 5.78. The van der Waals surface area contributed by atoms with E-state index < -0.39 is 45.3 Å². The first-order valence-electron chi connectivity index (χ1n) is 14.8. The van der Waals surface area contributed by atoms with Crippen LogP contribution in [0.25, 0.3) is 0 Å². The Bertz CT molecular complexity index is 1580. The van der Waals surface area contributed by atoms with E-state index in [9.17, 15) is 31.2 Å². The molecule has 0 spiro atoms. The molecule has 1 atom stereocenters. The lowest BCUT2D eigenvalue weighted by Crippen LogP contribution is -2.55. The molecule has 0 aliphatic heterocycles. The highest BCUT2D eigenvalue weighted by atomic mass is 35.5. The number of alkyl halides is 3. The summed E-state index contributed by atoms with van der Waals surface area (Å²) in [6.45, 7) is 1.06. The third-order valence-electron chi connectivity index (χ3n) is 7.92. The van der Waals surface area contributed by atoms with Crippen molar-refractivity contribution in [3.8, 4) is 0 Å². The van der Waals surface area contributed by atoms with Gasteiger partial charge in [-0.1, -0.05) is 91.0 Å². The zero-order chi connectivity index (χ0) is 32.8. The molecule has 0 aromatic heterocycles. The van der Waals surface area contributed by atoms with Gasteiger partial charge in [0.05, 0.1) is 22.5 Å². The number of carbonyl (C=O) groups excluding carboxylic acids is 2. The molecule has 1 saturated carbocycles. The van der Waals surface area contributed by atoms with E-state index in [1.165, 1.54) is 4.90 Å². The number of sulfonamides is 1. The predicted octanol–water partition coefficient (Wildman–Crippen LogP) is 6.52. The maximum atomic E-state index is 14.2. The molecule has 45 heavy (non-hydrogen) atoms. The van der Waals surface area contributed by atoms with E-state index in [1.807, 2.05) is 61.5 Å². The Kier molecular flexibility index (Phi) is 11.2. The lowest BCUT2D eigenvalue weighted by Gasteiger charge is -2.35. The lowest BCUT2D eigenvalue weighted by molar-refractivity contribution is -0.140. The van der Waals surface area contributed by atoms with E-state index in [1.54, 1.807) is 0 Å². The van der Waals surface area contributed by atoms with Crippen LogP contribution in [-0.2, 0) is 38.8 Å². The molecule has 0 radical (unpaired) electrons. The van der Waals surface area contributed by atoms with Gasteiger partial charge in [-0.05, 0) is 49.1 Å². The number of benzene rings is 3. The smallest absolute Gasteiger partial charge is 0.352 e. The predicted molar refractivity (Wildman–Crippen MR) is 169 cm³/mol. The molecule has 1 aliphatic carbocycles. The number of halogens is 4. The van der Waals surface area contributed by atoms with Gasteiger partial charge in [0.2, 0.25) is 21.8 Å². The van der Waals surface area contributed by atoms with Gasteiger partial charge in [0.25, 0.3) is 0 Å². The SMILES string of the molecule is Cc1ccc(CN(C(=O)CN(c2ccc(Cl)c(C(F)(F)F)c2)S(C)(=O)=O)C(Cc2ccccc2)C(=O)NC2CCCCC2)cc1. The highest BCUT2D eigenvalue weighted by Gasteiger charge is 2.37. The van der Waals surface area contributed by atoms with Crippen molar-refractivity contribution >= 4 is 39.1 Å². The minimum atomic E-state index is -4.85. The molecule has 0 heterocycles. The third-order valence-corrected chi connectivity index (χ3v) is 9.39. The molecule has 2 amide bonds. The number of carbonyl (C=O) groups is 2. The summed E-state index contributed by atoms with van der Waals surface area (Å²) in [4.78, 5) is 29.5. The van der Waals surface area contributed by atoms with Crippen molar-refractivity contribution in [2.75, 3.05) is 17.1 Å². The molecule has 4 rings (SSSR count). The molecule has 1 N–H and O–H groups in total. The van der Waals surface area contributed by atoms with Gasteiger partial charge in [-0.3, -0.25) is 13.9 Å². The van der Waals surface area contributed by atoms with Gasteiger partial charge >= 0.3 is 6.18 Å². The molecule has 12 heteroatoms. The van der Waals surface area contributed by atoms with Crippen LogP contribution in [-0.4, -0.2) is 50.0 Å². The second-order valence-corrected chi connectivity index (χ2v) is 13.8. The van der Waals surface area contributed by atoms with E-state index in [0.29, 0.717) is 15.9 Å². The average Bonchev–Trinajstić information content (AvgIpc) is 2.99. The quantitative estimate of drug-likeness (QED) is 0.253. The molecule has 3 aromatic carbocycles. The molecule has 1 aliphatic rings. The number of hydrogen-bond donors (Lipinski definition) is 1. The summed E-state index contributed by atoms with van der Waals surface area (Å²) < 4.78 is 67.5. The van der Waals surface area contributed by atoms with Crippen molar-refractivity contribution in [3.63, 3.8) is 0 Å². The van der Waals surface area contributed by atoms with Crippen molar-refractivity contribution in [3.05, 3.63) is 100 Å². The zero-order valence-electron chi connectivity index (χ0n) is 25.2. The Morgan fingerprint density at radius 1 is 0.956 bits per heavy atom. The van der Waals surface area contributed by atoms with Crippen LogP contribution in [0.1, 0.15) is 54.4 Å². The van der Waals surface area contributed by atoms with Crippen LogP contribution in [0.15, 0.2) is 72.8 Å². The van der Waals surface area contributed by atoms with Crippen molar-refractivity contribution in [2.24, 2.45) is 0 Å². The number of nitrogens with zero attached hydrogens (tertiary/aromatic N) is 2. The second kappa shape index (κ2) is 14.7. The van der Waals surface area contributed by atoms with Crippen molar-refractivity contribution < 1.29 is 31.2 Å². The number of anilines is 1. The first-order valence-corrected chi connectivity index (χ1v) is 17.0. The first kappa shape index (κ1) is 34.3. The van der Waals surface area contributed by atoms with Crippen LogP contribution in [0.5, 0.6) is 0 Å². The van der Waals surface area contributed by atoms with Crippen LogP contribution >= 0.6 is 11.6 Å². The van der Waals surface area contributed by atoms with Crippen LogP contribution in [0.4, 0.5) is 18.9 Å². The molecule has 242 valence electrons. The third kappa shape index (κ3) is 9.46. The van der Waals surface area contributed by atoms with Crippen LogP contribution in [0.3, 0.4) is 0 Å². The Hall–Kier alpha value is -3.57. The monoisotopic (exact) mass is 663 g/mol. The van der Waals surface area contributed by atoms with Gasteiger partial charge in [0, 0.05) is 19.0 Å². The lowest BCUT2D eigenvalue weighted by atomic mass is 9.94. The number of nitrogens with one attached hydrogen (secondary N) is 1. The summed E-state index contributed by atoms with van der Waals surface area (Å²) in [5.74, 6) is -1.12. The van der Waals surface area contributed by atoms with Gasteiger partial charge in [-0.2, -0.15) is 13.2 Å². The van der Waals surface area contributed by atoms with E-state index in [4.69, 9.17) is 11.6 Å². The Labute approximate surface area is 267 Å². The molecule has 0 saturated heterocycles. The zero-order valence-corrected chi connectivity index (χ0v) is 26.8. The fourth-order valence-electron chi connectivity index (χ4n) is 5.49. The van der Waals surface area contributed by atoms with Crippen molar-refractivity contribution in [2.45, 2.75) is 70.3 Å². The van der Waals surface area contributed by atoms with E-state index >= 15 is 0 Å². The van der Waals surface area contributed by atoms with Crippen molar-refractivity contribution in [1.29, 1.82) is 0 Å². The Morgan fingerprint density at radius 2 is 1.60 bits per heavy atom. The minimum Gasteiger partial charge on any atom is -0.352 e. The standard InChI is InChI=1S/C33H37ClF3N3O4S/c1-23-13-15-25(16-14-23)21-39(30(19-24-9-5-3-6-10-24)32(42)38-26-11-7-4-8-12-26)31(41)22-40(45(2,43)44)27-17-18-29(34)28(20-27)33(35,36)37/h3,5-6,9-10,13-18,20,26,30H,4,7-8,11-12,19,21-22H2,1-2H3,(H,38,42). The Balaban J connectivity index is 1.75. The number of hydrogen-bond acceptors (Lipinski definition) is 4. The molecule has 0 bridgehead atoms. The highest BCUT2D eigenvalue weighted by Crippen LogP contribution is 2.37. The molecule has 7 nitrogen and oxygen atoms in total. The average molecular weight is 664 g/mol. The Morgan fingerprint density at radius 3 is 2.20 bits per heavy atom. The van der Waals surface area contributed by atoms with Gasteiger partial charge in [-0.25, -0.2) is 8.42 Å². The molecule has 1 unspecified atom stereocenters. The number of aryl methyl sites for hydroxylation is 1. The van der Waals surface area contributed by atoms with Crippen LogP contribution in [0.2, 0.25) is 5.02 Å². The maximum absolute atomic E-state index is 14.2. The van der Waals surface area contributed by atoms with Gasteiger partial charge in [0.1, 0.15) is 12.6 Å². The molecule has 3 aromatic rings. The molecule has 1 fully saturated rings. The normalized spacial score (nSPS) is 14.9. The fraction of sp³-hybridized carbons (Fsp3) is 0.394. The maximum Gasteiger partial charge on any atom is 0.417 e. The van der Waals surface area contributed by atoms with Crippen LogP contribution < -0.4 is 9.62 Å². The van der Waals surface area contributed by atoms with Crippen LogP contribution in [0, 0.1) is 6.92 Å². The van der Waals surface area contributed by atoms with Gasteiger partial charge in [0.15, 0.2) is 0 Å². The molecular weight excluding hydrogens is 627 g/mol. The van der Waals surface area contributed by atoms with E-state index in [2.05, 4.69) is 5.32 Å². The van der Waals surface area contributed by atoms with E-state index in [0.717, 1.165) is 61.6 Å². The number of rotatable bonds is 11. The van der Waals surface area contributed by atoms with Gasteiger partial charge in [-0.15, -0.1) is 0 Å². The minimum absolute atomic E-state index is 0.0271. The summed E-state index contributed by atoms with van der Waals surface area (Å²) in [5.41, 5.74) is 0.876. The first-order chi connectivity index (χ1) is 21.2. The largest absolute Gasteiger partial charge is 0.417 e. The summed E-state index contributed by atoms with van der Waals surface area (Å²) in [5, 5.41) is 2.51. The van der Waals surface area contributed by atoms with Gasteiger partial charge < -0.3 is 10.2 Å². The second-order valence-electron chi connectivity index (χ2n) is 11.5. The van der Waals surface area contributed by atoms with E-state index in [-0.39, 0.29) is 30.6 Å².